The van der Waals surface area contributed by atoms with Crippen molar-refractivity contribution < 1.29 is 29.6 Å². The number of hydrogen-bond donors (Lipinski definition) is 4. The molecule has 0 radical (unpaired) electrons. The van der Waals surface area contributed by atoms with Gasteiger partial charge in [-0.25, -0.2) is 0 Å². The van der Waals surface area contributed by atoms with Gasteiger partial charge in [-0.05, 0) is 19.8 Å². The van der Waals surface area contributed by atoms with Crippen molar-refractivity contribution in [3.8, 4) is 0 Å². The minimum atomic E-state index is -1.29. The third kappa shape index (κ3) is 6.49. The van der Waals surface area contributed by atoms with Crippen molar-refractivity contribution in [1.82, 2.24) is 5.32 Å². The van der Waals surface area contributed by atoms with Gasteiger partial charge in [-0.3, -0.25) is 4.79 Å². The van der Waals surface area contributed by atoms with Gasteiger partial charge in [0, 0.05) is 6.92 Å². The van der Waals surface area contributed by atoms with Crippen LogP contribution in [0.15, 0.2) is 0 Å². The van der Waals surface area contributed by atoms with Crippen LogP contribution in [-0.4, -0.2) is 64.1 Å². The Bertz CT molecular complexity index is 397. The summed E-state index contributed by atoms with van der Waals surface area (Å²) >= 11 is 0. The summed E-state index contributed by atoms with van der Waals surface area (Å²) in [6.07, 6.45) is 1.26. The van der Waals surface area contributed by atoms with Crippen LogP contribution in [0.1, 0.15) is 66.2 Å². The topological polar surface area (TPSA) is 108 Å². The van der Waals surface area contributed by atoms with Crippen molar-refractivity contribution in [2.24, 2.45) is 0 Å². The molecule has 148 valence electrons. The molecule has 0 saturated carbocycles. The molecule has 1 rings (SSSR count). The van der Waals surface area contributed by atoms with Gasteiger partial charge < -0.3 is 30.1 Å². The van der Waals surface area contributed by atoms with Crippen molar-refractivity contribution in [3.63, 3.8) is 0 Å². The first-order chi connectivity index (χ1) is 11.8. The van der Waals surface area contributed by atoms with E-state index in [1.54, 1.807) is 0 Å². The first-order valence-electron chi connectivity index (χ1n) is 9.35. The number of carbonyl (C=O) groups excluding carboxylic acids is 1. The fourth-order valence-electron chi connectivity index (χ4n) is 3.20. The van der Waals surface area contributed by atoms with E-state index in [9.17, 15) is 20.1 Å². The molecule has 1 aliphatic heterocycles. The van der Waals surface area contributed by atoms with E-state index in [1.165, 1.54) is 6.92 Å². The number of nitrogens with one attached hydrogen (secondary N) is 1. The summed E-state index contributed by atoms with van der Waals surface area (Å²) in [5.74, 6) is -0.347. The zero-order chi connectivity index (χ0) is 19.0. The van der Waals surface area contributed by atoms with E-state index in [0.29, 0.717) is 0 Å². The smallest absolute Gasteiger partial charge is 0.217 e. The van der Waals surface area contributed by atoms with Crippen molar-refractivity contribution in [3.05, 3.63) is 0 Å². The largest absolute Gasteiger partial charge is 0.394 e. The van der Waals surface area contributed by atoms with Crippen molar-refractivity contribution in [2.75, 3.05) is 6.61 Å². The quantitative estimate of drug-likeness (QED) is 0.464. The highest BCUT2D eigenvalue weighted by molar-refractivity contribution is 5.73. The third-order valence-electron chi connectivity index (χ3n) is 4.77. The molecule has 7 heteroatoms. The van der Waals surface area contributed by atoms with Gasteiger partial charge in [0.2, 0.25) is 5.91 Å². The molecule has 7 nitrogen and oxygen atoms in total. The molecule has 25 heavy (non-hydrogen) atoms. The van der Waals surface area contributed by atoms with Gasteiger partial charge in [0.1, 0.15) is 24.4 Å². The Hall–Kier alpha value is -0.730. The standard InChI is InChI=1S/C18H35NO6/c1-5-7-9-18(4,10-8-6-2)25-17-14(19-12(3)21)16(23)15(22)13(11-20)24-17/h13-17,20,22-23H,5-11H2,1-4H3,(H,19,21). The van der Waals surface area contributed by atoms with Gasteiger partial charge in [-0.1, -0.05) is 39.5 Å². The number of aliphatic hydroxyl groups excluding tert-OH is 3. The van der Waals surface area contributed by atoms with Crippen molar-refractivity contribution >= 4 is 5.91 Å². The Morgan fingerprint density at radius 1 is 1.16 bits per heavy atom. The molecule has 5 atom stereocenters. The lowest BCUT2D eigenvalue weighted by Crippen LogP contribution is -2.65. The monoisotopic (exact) mass is 361 g/mol. The summed E-state index contributed by atoms with van der Waals surface area (Å²) in [5.41, 5.74) is -0.463. The molecule has 5 unspecified atom stereocenters. The van der Waals surface area contributed by atoms with E-state index in [2.05, 4.69) is 19.2 Å². The molecule has 1 fully saturated rings. The van der Waals surface area contributed by atoms with Crippen LogP contribution in [-0.2, 0) is 14.3 Å². The number of amides is 1. The predicted octanol–water partition coefficient (Wildman–Crippen LogP) is 1.09. The summed E-state index contributed by atoms with van der Waals surface area (Å²) in [5, 5.41) is 32.5. The Labute approximate surface area is 150 Å². The zero-order valence-corrected chi connectivity index (χ0v) is 15.9. The fourth-order valence-corrected chi connectivity index (χ4v) is 3.20. The average Bonchev–Trinajstić information content (AvgIpc) is 2.57. The summed E-state index contributed by atoms with van der Waals surface area (Å²) in [6, 6.07) is -0.891. The first-order valence-corrected chi connectivity index (χ1v) is 9.35. The highest BCUT2D eigenvalue weighted by Crippen LogP contribution is 2.31. The molecule has 0 aromatic carbocycles. The first kappa shape index (κ1) is 22.3. The van der Waals surface area contributed by atoms with E-state index in [4.69, 9.17) is 9.47 Å². The fraction of sp³-hybridized carbons (Fsp3) is 0.944. The van der Waals surface area contributed by atoms with Gasteiger partial charge in [0.05, 0.1) is 12.2 Å². The number of aliphatic hydroxyl groups is 3. The Balaban J connectivity index is 2.97. The number of unbranched alkanes of at least 4 members (excludes halogenated alkanes) is 2. The molecular weight excluding hydrogens is 326 g/mol. The van der Waals surface area contributed by atoms with E-state index in [1.807, 2.05) is 6.92 Å². The van der Waals surface area contributed by atoms with Crippen LogP contribution >= 0.6 is 0 Å². The van der Waals surface area contributed by atoms with Gasteiger partial charge in [-0.2, -0.15) is 0 Å². The molecule has 1 amide bonds. The van der Waals surface area contributed by atoms with Crippen LogP contribution < -0.4 is 5.32 Å². The molecule has 1 saturated heterocycles. The highest BCUT2D eigenvalue weighted by Gasteiger charge is 2.47. The molecular formula is C18H35NO6. The maximum absolute atomic E-state index is 11.5. The molecule has 1 aliphatic rings. The molecule has 1 heterocycles. The summed E-state index contributed by atoms with van der Waals surface area (Å²) in [4.78, 5) is 11.5. The van der Waals surface area contributed by atoms with Crippen LogP contribution in [0.5, 0.6) is 0 Å². The summed E-state index contributed by atoms with van der Waals surface area (Å²) < 4.78 is 11.9. The molecule has 0 aliphatic carbocycles. The van der Waals surface area contributed by atoms with E-state index >= 15 is 0 Å². The summed E-state index contributed by atoms with van der Waals surface area (Å²) in [6.45, 7) is 7.13. The molecule has 4 N–H and O–H groups in total. The number of rotatable bonds is 10. The van der Waals surface area contributed by atoms with Gasteiger partial charge in [0.15, 0.2) is 6.29 Å². The minimum absolute atomic E-state index is 0.347. The lowest BCUT2D eigenvalue weighted by Gasteiger charge is -2.45. The lowest BCUT2D eigenvalue weighted by molar-refractivity contribution is -0.299. The zero-order valence-electron chi connectivity index (χ0n) is 15.9. The second-order valence-corrected chi connectivity index (χ2v) is 7.21. The Kier molecular flexibility index (Phi) is 9.30. The van der Waals surface area contributed by atoms with E-state index < -0.39 is 42.9 Å². The third-order valence-corrected chi connectivity index (χ3v) is 4.77. The second-order valence-electron chi connectivity index (χ2n) is 7.21. The second kappa shape index (κ2) is 10.4. The summed E-state index contributed by atoms with van der Waals surface area (Å²) in [7, 11) is 0. The normalized spacial score (nSPS) is 30.3. The maximum Gasteiger partial charge on any atom is 0.217 e. The number of hydrogen-bond acceptors (Lipinski definition) is 6. The average molecular weight is 361 g/mol. The highest BCUT2D eigenvalue weighted by atomic mass is 16.7. The predicted molar refractivity (Wildman–Crippen MR) is 93.9 cm³/mol. The SMILES string of the molecule is CCCCC(C)(CCCC)OC1OC(CO)C(O)C(O)C1NC(C)=O. The van der Waals surface area contributed by atoms with Crippen molar-refractivity contribution in [1.29, 1.82) is 0 Å². The Morgan fingerprint density at radius 3 is 2.16 bits per heavy atom. The molecule has 0 aromatic rings. The number of carbonyl (C=O) groups is 1. The van der Waals surface area contributed by atoms with Gasteiger partial charge in [-0.15, -0.1) is 0 Å². The minimum Gasteiger partial charge on any atom is -0.394 e. The van der Waals surface area contributed by atoms with Crippen LogP contribution in [0.2, 0.25) is 0 Å². The van der Waals surface area contributed by atoms with Gasteiger partial charge in [0.25, 0.3) is 0 Å². The van der Waals surface area contributed by atoms with E-state index in [-0.39, 0.29) is 5.91 Å². The molecule has 0 bridgehead atoms. The van der Waals surface area contributed by atoms with Crippen LogP contribution in [0.4, 0.5) is 0 Å². The van der Waals surface area contributed by atoms with Crippen LogP contribution in [0.25, 0.3) is 0 Å². The van der Waals surface area contributed by atoms with Crippen LogP contribution in [0, 0.1) is 0 Å². The van der Waals surface area contributed by atoms with Crippen molar-refractivity contribution in [2.45, 2.75) is 102 Å². The maximum atomic E-state index is 11.5. The van der Waals surface area contributed by atoms with Gasteiger partial charge >= 0.3 is 0 Å². The molecule has 0 aromatic heterocycles. The lowest BCUT2D eigenvalue weighted by atomic mass is 9.91. The Morgan fingerprint density at radius 2 is 1.72 bits per heavy atom. The molecule has 0 spiro atoms. The number of ether oxygens (including phenoxy) is 2. The van der Waals surface area contributed by atoms with Crippen LogP contribution in [0.3, 0.4) is 0 Å². The van der Waals surface area contributed by atoms with E-state index in [0.717, 1.165) is 38.5 Å².